The van der Waals surface area contributed by atoms with E-state index in [-0.39, 0.29) is 0 Å². The normalized spacial score (nSPS) is 9.33. The number of carboxylic acid groups (broad SMARTS) is 2. The Morgan fingerprint density at radius 3 is 1.60 bits per heavy atom. The van der Waals surface area contributed by atoms with Crippen LogP contribution >= 0.6 is 0 Å². The smallest absolute Gasteiger partial charge is 0.414 e. The number of nitrogens with zero attached hydrogens (tertiary/aromatic N) is 1. The number of hydrogen-bond acceptors (Lipinski definition) is 3. The van der Waals surface area contributed by atoms with Gasteiger partial charge in [0.15, 0.2) is 0 Å². The van der Waals surface area contributed by atoms with Gasteiger partial charge in [0.05, 0.1) is 0 Å². The van der Waals surface area contributed by atoms with Crippen LogP contribution in [0.2, 0.25) is 0 Å². The van der Waals surface area contributed by atoms with E-state index in [4.69, 9.17) is 19.8 Å². The molecule has 0 aromatic carbocycles. The topological polar surface area (TPSA) is 77.8 Å². The Morgan fingerprint density at radius 1 is 1.00 bits per heavy atom. The lowest BCUT2D eigenvalue weighted by atomic mass is 10.3. The fourth-order valence-electron chi connectivity index (χ4n) is 0.922. The van der Waals surface area contributed by atoms with E-state index in [9.17, 15) is 0 Å². The summed E-state index contributed by atoms with van der Waals surface area (Å²) < 4.78 is 0. The standard InChI is InChI=1S/C8H19N.C2H2O4/c1-4-7-8-9(5-2)6-3;3-1(4)2(5)6/h4-8H2,1-3H3;(H,3,4)(H,5,6). The van der Waals surface area contributed by atoms with Gasteiger partial charge in [-0.2, -0.15) is 0 Å². The second-order valence-corrected chi connectivity index (χ2v) is 2.99. The Kier molecular flexibility index (Phi) is 12.0. The Balaban J connectivity index is 0. The van der Waals surface area contributed by atoms with Gasteiger partial charge in [-0.25, -0.2) is 9.59 Å². The van der Waals surface area contributed by atoms with Crippen LogP contribution in [-0.4, -0.2) is 46.7 Å². The predicted octanol–water partition coefficient (Wildman–Crippen LogP) is 1.28. The van der Waals surface area contributed by atoms with Crippen molar-refractivity contribution in [1.82, 2.24) is 4.90 Å². The summed E-state index contributed by atoms with van der Waals surface area (Å²) in [5.41, 5.74) is 0. The molecule has 0 aliphatic carbocycles. The molecule has 0 saturated carbocycles. The summed E-state index contributed by atoms with van der Waals surface area (Å²) in [5, 5.41) is 14.8. The zero-order valence-corrected chi connectivity index (χ0v) is 9.69. The second-order valence-electron chi connectivity index (χ2n) is 2.99. The molecule has 5 heteroatoms. The molecule has 0 saturated heterocycles. The second kappa shape index (κ2) is 11.0. The number of unbranched alkanes of at least 4 members (excludes halogenated alkanes) is 1. The molecule has 0 aromatic rings. The summed E-state index contributed by atoms with van der Waals surface area (Å²) in [6, 6.07) is 0. The van der Waals surface area contributed by atoms with Gasteiger partial charge in [-0.3, -0.25) is 0 Å². The molecule has 0 rings (SSSR count). The summed E-state index contributed by atoms with van der Waals surface area (Å²) >= 11 is 0. The molecule has 0 spiro atoms. The van der Waals surface area contributed by atoms with Crippen LogP contribution in [0.25, 0.3) is 0 Å². The fraction of sp³-hybridized carbons (Fsp3) is 0.800. The summed E-state index contributed by atoms with van der Waals surface area (Å²) in [5.74, 6) is -3.65. The van der Waals surface area contributed by atoms with Gasteiger partial charge in [-0.1, -0.05) is 27.2 Å². The maximum atomic E-state index is 9.10. The van der Waals surface area contributed by atoms with E-state index in [1.54, 1.807) is 0 Å². The average Bonchev–Trinajstić information content (AvgIpc) is 2.20. The quantitative estimate of drug-likeness (QED) is 0.681. The van der Waals surface area contributed by atoms with Crippen molar-refractivity contribution in [2.45, 2.75) is 33.6 Å². The maximum absolute atomic E-state index is 9.10. The van der Waals surface area contributed by atoms with Gasteiger partial charge >= 0.3 is 11.9 Å². The van der Waals surface area contributed by atoms with Gasteiger partial charge in [-0.05, 0) is 26.1 Å². The lowest BCUT2D eigenvalue weighted by Crippen LogP contribution is -2.23. The first-order valence-corrected chi connectivity index (χ1v) is 5.18. The summed E-state index contributed by atoms with van der Waals surface area (Å²) in [6.07, 6.45) is 2.66. The molecule has 0 aliphatic heterocycles. The highest BCUT2D eigenvalue weighted by Crippen LogP contribution is 1.92. The van der Waals surface area contributed by atoms with E-state index in [2.05, 4.69) is 25.7 Å². The van der Waals surface area contributed by atoms with Crippen molar-refractivity contribution in [1.29, 1.82) is 0 Å². The summed E-state index contributed by atoms with van der Waals surface area (Å²) in [4.78, 5) is 20.7. The van der Waals surface area contributed by atoms with Gasteiger partial charge in [0.25, 0.3) is 0 Å². The van der Waals surface area contributed by atoms with E-state index in [0.717, 1.165) is 0 Å². The van der Waals surface area contributed by atoms with E-state index >= 15 is 0 Å². The molecule has 0 unspecified atom stereocenters. The molecule has 90 valence electrons. The van der Waals surface area contributed by atoms with Crippen LogP contribution in [0.4, 0.5) is 0 Å². The van der Waals surface area contributed by atoms with Crippen molar-refractivity contribution >= 4 is 11.9 Å². The van der Waals surface area contributed by atoms with Crippen molar-refractivity contribution in [3.8, 4) is 0 Å². The molecule has 0 radical (unpaired) electrons. The lowest BCUT2D eigenvalue weighted by molar-refractivity contribution is -0.159. The zero-order valence-electron chi connectivity index (χ0n) is 9.69. The number of carboxylic acids is 2. The minimum absolute atomic E-state index is 1.20. The summed E-state index contributed by atoms with van der Waals surface area (Å²) in [6.45, 7) is 10.4. The van der Waals surface area contributed by atoms with Crippen molar-refractivity contribution in [3.05, 3.63) is 0 Å². The Labute approximate surface area is 90.7 Å². The van der Waals surface area contributed by atoms with Crippen molar-refractivity contribution in [2.75, 3.05) is 19.6 Å². The van der Waals surface area contributed by atoms with Crippen LogP contribution in [-0.2, 0) is 9.59 Å². The minimum Gasteiger partial charge on any atom is -0.473 e. The highest BCUT2D eigenvalue weighted by molar-refractivity contribution is 6.27. The van der Waals surface area contributed by atoms with Crippen LogP contribution in [0.1, 0.15) is 33.6 Å². The molecular formula is C10H21NO4. The first-order valence-electron chi connectivity index (χ1n) is 5.18. The van der Waals surface area contributed by atoms with Gasteiger partial charge < -0.3 is 15.1 Å². The monoisotopic (exact) mass is 219 g/mol. The number of carbonyl (C=O) groups is 2. The maximum Gasteiger partial charge on any atom is 0.414 e. The molecule has 5 nitrogen and oxygen atoms in total. The molecule has 0 amide bonds. The van der Waals surface area contributed by atoms with Crippen LogP contribution in [0.15, 0.2) is 0 Å². The van der Waals surface area contributed by atoms with Crippen LogP contribution in [0.3, 0.4) is 0 Å². The van der Waals surface area contributed by atoms with Gasteiger partial charge in [-0.15, -0.1) is 0 Å². The van der Waals surface area contributed by atoms with E-state index in [0.29, 0.717) is 0 Å². The largest absolute Gasteiger partial charge is 0.473 e. The fourth-order valence-corrected chi connectivity index (χ4v) is 0.922. The molecule has 2 N–H and O–H groups in total. The Hall–Kier alpha value is -1.10. The van der Waals surface area contributed by atoms with E-state index < -0.39 is 11.9 Å². The van der Waals surface area contributed by atoms with E-state index in [1.807, 2.05) is 0 Å². The Bertz CT molecular complexity index is 166. The SMILES string of the molecule is CCCCN(CC)CC.O=C(O)C(=O)O. The first kappa shape index (κ1) is 16.3. The zero-order chi connectivity index (χ0) is 12.3. The first-order chi connectivity index (χ1) is 6.99. The molecule has 15 heavy (non-hydrogen) atoms. The average molecular weight is 219 g/mol. The van der Waals surface area contributed by atoms with E-state index in [1.165, 1.54) is 32.5 Å². The highest BCUT2D eigenvalue weighted by Gasteiger charge is 2.04. The molecule has 0 heterocycles. The molecule has 0 fully saturated rings. The van der Waals surface area contributed by atoms with Crippen LogP contribution < -0.4 is 0 Å². The molecule has 0 bridgehead atoms. The highest BCUT2D eigenvalue weighted by atomic mass is 16.4. The minimum atomic E-state index is -1.82. The van der Waals surface area contributed by atoms with Crippen molar-refractivity contribution < 1.29 is 19.8 Å². The third-order valence-electron chi connectivity index (χ3n) is 1.91. The van der Waals surface area contributed by atoms with Crippen LogP contribution in [0, 0.1) is 0 Å². The molecule has 0 aromatic heterocycles. The van der Waals surface area contributed by atoms with Crippen molar-refractivity contribution in [3.63, 3.8) is 0 Å². The predicted molar refractivity (Wildman–Crippen MR) is 58.0 cm³/mol. The van der Waals surface area contributed by atoms with Gasteiger partial charge in [0.1, 0.15) is 0 Å². The third kappa shape index (κ3) is 12.9. The van der Waals surface area contributed by atoms with Gasteiger partial charge in [0.2, 0.25) is 0 Å². The molecule has 0 aliphatic rings. The third-order valence-corrected chi connectivity index (χ3v) is 1.91. The molecule has 0 atom stereocenters. The van der Waals surface area contributed by atoms with Gasteiger partial charge in [0, 0.05) is 0 Å². The number of rotatable bonds is 5. The summed E-state index contributed by atoms with van der Waals surface area (Å²) in [7, 11) is 0. The molecular weight excluding hydrogens is 198 g/mol. The number of aliphatic carboxylic acids is 2. The van der Waals surface area contributed by atoms with Crippen molar-refractivity contribution in [2.24, 2.45) is 0 Å². The van der Waals surface area contributed by atoms with Crippen LogP contribution in [0.5, 0.6) is 0 Å². The Morgan fingerprint density at radius 2 is 1.40 bits per heavy atom. The number of hydrogen-bond donors (Lipinski definition) is 2. The lowest BCUT2D eigenvalue weighted by Gasteiger charge is -2.16.